The van der Waals surface area contributed by atoms with Gasteiger partial charge in [0.2, 0.25) is 0 Å². The van der Waals surface area contributed by atoms with Crippen molar-refractivity contribution in [1.29, 1.82) is 0 Å². The standard InChI is InChI=1S/C26H22F4N3O2/c1-14-6-4-7-15(2)22(14)20-12-17(10-11-21(20)27)24-31-16(3)23(33(24)35)25(34)32-19-9-5-8-18(13-19)26(28,29)30/h4-13,24,31H,1-3H3,(H,32,34)/q-1. The number of nitrogens with one attached hydrogen (secondary N) is 2. The summed E-state index contributed by atoms with van der Waals surface area (Å²) < 4.78 is 53.7. The van der Waals surface area contributed by atoms with Crippen LogP contribution in [0.3, 0.4) is 0 Å². The molecular formula is C26H22F4N3O2-. The van der Waals surface area contributed by atoms with Crippen LogP contribution in [0.1, 0.15) is 35.3 Å². The molecule has 35 heavy (non-hydrogen) atoms. The van der Waals surface area contributed by atoms with Crippen molar-refractivity contribution < 1.29 is 22.4 Å². The van der Waals surface area contributed by atoms with Gasteiger partial charge >= 0.3 is 6.18 Å². The van der Waals surface area contributed by atoms with Crippen LogP contribution in [0.15, 0.2) is 72.1 Å². The summed E-state index contributed by atoms with van der Waals surface area (Å²) in [6, 6.07) is 14.0. The average Bonchev–Trinajstić information content (AvgIpc) is 3.08. The number of alkyl halides is 3. The lowest BCUT2D eigenvalue weighted by molar-refractivity contribution is -0.137. The number of hydrogen-bond donors (Lipinski definition) is 2. The van der Waals surface area contributed by atoms with Gasteiger partial charge in [0, 0.05) is 16.9 Å². The van der Waals surface area contributed by atoms with E-state index < -0.39 is 29.6 Å². The number of amides is 1. The number of carbonyl (C=O) groups excluding carboxylic acids is 1. The van der Waals surface area contributed by atoms with Crippen LogP contribution in [0, 0.1) is 24.9 Å². The highest BCUT2D eigenvalue weighted by Crippen LogP contribution is 2.36. The fourth-order valence-corrected chi connectivity index (χ4v) is 4.22. The molecule has 9 heteroatoms. The molecule has 1 atom stereocenters. The zero-order valence-electron chi connectivity index (χ0n) is 19.1. The number of allylic oxidation sites excluding steroid dienone is 1. The minimum Gasteiger partial charge on any atom is -0.756 e. The van der Waals surface area contributed by atoms with Gasteiger partial charge in [0.05, 0.1) is 5.56 Å². The molecule has 0 aliphatic carbocycles. The molecule has 0 saturated carbocycles. The lowest BCUT2D eigenvalue weighted by atomic mass is 9.93. The molecule has 5 nitrogen and oxygen atoms in total. The molecule has 3 aromatic carbocycles. The van der Waals surface area contributed by atoms with E-state index in [4.69, 9.17) is 0 Å². The molecule has 4 rings (SSSR count). The first-order valence-corrected chi connectivity index (χ1v) is 10.8. The van der Waals surface area contributed by atoms with Crippen LogP contribution in [0.5, 0.6) is 0 Å². The third-order valence-corrected chi connectivity index (χ3v) is 5.88. The summed E-state index contributed by atoms with van der Waals surface area (Å²) in [5.74, 6) is -1.31. The first-order chi connectivity index (χ1) is 16.5. The molecule has 2 N–H and O–H groups in total. The molecule has 0 radical (unpaired) electrons. The fraction of sp³-hybridized carbons (Fsp3) is 0.192. The molecule has 1 unspecified atom stereocenters. The van der Waals surface area contributed by atoms with Gasteiger partial charge in [-0.25, -0.2) is 4.39 Å². The Bertz CT molecular complexity index is 1310. The number of aryl methyl sites for hydroxylation is 2. The highest BCUT2D eigenvalue weighted by Gasteiger charge is 2.32. The monoisotopic (exact) mass is 484 g/mol. The molecule has 0 bridgehead atoms. The minimum absolute atomic E-state index is 0.0962. The predicted octanol–water partition coefficient (Wildman–Crippen LogP) is 6.40. The topological polar surface area (TPSA) is 67.4 Å². The third-order valence-electron chi connectivity index (χ3n) is 5.88. The van der Waals surface area contributed by atoms with Crippen molar-refractivity contribution in [2.24, 2.45) is 0 Å². The normalized spacial score (nSPS) is 15.9. The summed E-state index contributed by atoms with van der Waals surface area (Å²) in [6.07, 6.45) is -5.59. The van der Waals surface area contributed by atoms with Gasteiger partial charge in [-0.15, -0.1) is 0 Å². The Balaban J connectivity index is 1.60. The lowest BCUT2D eigenvalue weighted by Crippen LogP contribution is -2.28. The van der Waals surface area contributed by atoms with Crippen LogP contribution in [0.4, 0.5) is 23.2 Å². The Morgan fingerprint density at radius 2 is 1.66 bits per heavy atom. The van der Waals surface area contributed by atoms with Gasteiger partial charge in [-0.3, -0.25) is 4.79 Å². The molecule has 1 amide bonds. The van der Waals surface area contributed by atoms with E-state index in [0.717, 1.165) is 34.9 Å². The van der Waals surface area contributed by atoms with E-state index >= 15 is 0 Å². The predicted molar refractivity (Wildman–Crippen MR) is 125 cm³/mol. The van der Waals surface area contributed by atoms with Crippen molar-refractivity contribution in [2.75, 3.05) is 5.32 Å². The number of halogens is 4. The van der Waals surface area contributed by atoms with Gasteiger partial charge in [0.15, 0.2) is 0 Å². The van der Waals surface area contributed by atoms with Crippen molar-refractivity contribution in [2.45, 2.75) is 33.1 Å². The van der Waals surface area contributed by atoms with Crippen LogP contribution in [0.25, 0.3) is 11.1 Å². The van der Waals surface area contributed by atoms with E-state index in [9.17, 15) is 27.6 Å². The number of benzene rings is 3. The summed E-state index contributed by atoms with van der Waals surface area (Å²) in [5, 5.41) is 18.8. The Hall–Kier alpha value is -3.85. The first kappa shape index (κ1) is 24.3. The molecule has 1 heterocycles. The molecule has 1 aliphatic rings. The van der Waals surface area contributed by atoms with Gasteiger partial charge in [0.25, 0.3) is 5.91 Å². The Morgan fingerprint density at radius 3 is 2.31 bits per heavy atom. The van der Waals surface area contributed by atoms with Crippen LogP contribution in [-0.4, -0.2) is 11.0 Å². The number of carbonyl (C=O) groups is 1. The number of hydroxylamine groups is 2. The summed E-state index contributed by atoms with van der Waals surface area (Å²) in [7, 11) is 0. The van der Waals surface area contributed by atoms with Crippen molar-refractivity contribution in [1.82, 2.24) is 10.4 Å². The smallest absolute Gasteiger partial charge is 0.416 e. The first-order valence-electron chi connectivity index (χ1n) is 10.8. The van der Waals surface area contributed by atoms with Crippen molar-refractivity contribution >= 4 is 11.6 Å². The van der Waals surface area contributed by atoms with Gasteiger partial charge in [-0.1, -0.05) is 30.3 Å². The van der Waals surface area contributed by atoms with Crippen molar-refractivity contribution in [3.8, 4) is 11.1 Å². The number of anilines is 1. The minimum atomic E-state index is -4.57. The van der Waals surface area contributed by atoms with Crippen molar-refractivity contribution in [3.05, 3.63) is 105 Å². The molecular weight excluding hydrogens is 462 g/mol. The number of hydrogen-bond acceptors (Lipinski definition) is 4. The zero-order chi connectivity index (χ0) is 25.5. The zero-order valence-corrected chi connectivity index (χ0v) is 19.1. The SMILES string of the molecule is CC1=C(C(=O)Nc2cccc(C(F)(F)F)c2)N([O-])C(c2ccc(F)c(-c3c(C)cccc3C)c2)N1. The summed E-state index contributed by atoms with van der Waals surface area (Å²) in [6.45, 7) is 5.25. The quantitative estimate of drug-likeness (QED) is 0.421. The molecule has 182 valence electrons. The van der Waals surface area contributed by atoms with Gasteiger partial charge in [-0.05, 0) is 73.4 Å². The molecule has 3 aromatic rings. The van der Waals surface area contributed by atoms with Crippen LogP contribution in [0.2, 0.25) is 0 Å². The average molecular weight is 484 g/mol. The molecule has 0 spiro atoms. The molecule has 0 saturated heterocycles. The highest BCUT2D eigenvalue weighted by molar-refractivity contribution is 6.04. The van der Waals surface area contributed by atoms with Gasteiger partial charge < -0.3 is 20.9 Å². The third kappa shape index (κ3) is 4.72. The van der Waals surface area contributed by atoms with E-state index in [1.54, 1.807) is 6.07 Å². The van der Waals surface area contributed by atoms with Gasteiger partial charge in [0.1, 0.15) is 17.7 Å². The van der Waals surface area contributed by atoms with Gasteiger partial charge in [-0.2, -0.15) is 13.2 Å². The van der Waals surface area contributed by atoms with E-state index in [1.807, 2.05) is 32.0 Å². The van der Waals surface area contributed by atoms with Crippen LogP contribution >= 0.6 is 0 Å². The maximum absolute atomic E-state index is 14.8. The van der Waals surface area contributed by atoms with Crippen molar-refractivity contribution in [3.63, 3.8) is 0 Å². The Kier molecular flexibility index (Phi) is 6.29. The maximum atomic E-state index is 14.8. The summed E-state index contributed by atoms with van der Waals surface area (Å²) in [4.78, 5) is 12.8. The van der Waals surface area contributed by atoms with E-state index in [1.165, 1.54) is 25.1 Å². The second-order valence-electron chi connectivity index (χ2n) is 8.39. The van der Waals surface area contributed by atoms with E-state index in [2.05, 4.69) is 10.6 Å². The second kappa shape index (κ2) is 9.07. The molecule has 1 aliphatic heterocycles. The molecule has 0 fully saturated rings. The summed E-state index contributed by atoms with van der Waals surface area (Å²) >= 11 is 0. The second-order valence-corrected chi connectivity index (χ2v) is 8.39. The number of nitrogens with zero attached hydrogens (tertiary/aromatic N) is 1. The van der Waals surface area contributed by atoms with E-state index in [-0.39, 0.29) is 17.1 Å². The maximum Gasteiger partial charge on any atom is 0.416 e. The van der Waals surface area contributed by atoms with Crippen LogP contribution < -0.4 is 10.6 Å². The largest absolute Gasteiger partial charge is 0.756 e. The Morgan fingerprint density at radius 1 is 1.00 bits per heavy atom. The fourth-order valence-electron chi connectivity index (χ4n) is 4.22. The lowest BCUT2D eigenvalue weighted by Gasteiger charge is -2.34. The van der Waals surface area contributed by atoms with Crippen LogP contribution in [-0.2, 0) is 11.0 Å². The molecule has 0 aromatic heterocycles. The summed E-state index contributed by atoms with van der Waals surface area (Å²) in [5.41, 5.74) is 2.17. The van der Waals surface area contributed by atoms with E-state index in [0.29, 0.717) is 16.2 Å². The Labute approximate surface area is 199 Å². The number of rotatable bonds is 4. The highest BCUT2D eigenvalue weighted by atomic mass is 19.4.